The minimum absolute atomic E-state index is 0.159. The molecule has 0 fully saturated rings. The van der Waals surface area contributed by atoms with Crippen molar-refractivity contribution >= 4 is 0 Å². The average Bonchev–Trinajstić information content (AvgIpc) is 1.92. The van der Waals surface area contributed by atoms with Crippen LogP contribution < -0.4 is 21.5 Å². The van der Waals surface area contributed by atoms with Gasteiger partial charge in [-0.25, -0.2) is 10.9 Å². The maximum Gasteiger partial charge on any atom is 0.0594 e. The summed E-state index contributed by atoms with van der Waals surface area (Å²) in [7, 11) is 0. The van der Waals surface area contributed by atoms with Gasteiger partial charge in [0, 0.05) is 11.1 Å². The molecule has 4 nitrogen and oxygen atoms in total. The van der Waals surface area contributed by atoms with Gasteiger partial charge in [-0.05, 0) is 41.5 Å². The van der Waals surface area contributed by atoms with E-state index in [4.69, 9.17) is 0 Å². The van der Waals surface area contributed by atoms with Gasteiger partial charge in [-0.2, -0.15) is 0 Å². The van der Waals surface area contributed by atoms with Crippen molar-refractivity contribution in [2.75, 3.05) is 13.3 Å². The molecule has 86 valence electrons. The Morgan fingerprint density at radius 2 is 0.929 bits per heavy atom. The summed E-state index contributed by atoms with van der Waals surface area (Å²) < 4.78 is 0. The SMILES string of the molecule is CC(C)(C)NCNNCNC(C)(C)C. The van der Waals surface area contributed by atoms with Crippen molar-refractivity contribution in [1.29, 1.82) is 0 Å². The number of nitrogens with one attached hydrogen (secondary N) is 4. The van der Waals surface area contributed by atoms with Crippen LogP contribution in [0.25, 0.3) is 0 Å². The van der Waals surface area contributed by atoms with E-state index in [1.54, 1.807) is 0 Å². The fraction of sp³-hybridized carbons (Fsp3) is 1.00. The monoisotopic (exact) mass is 202 g/mol. The van der Waals surface area contributed by atoms with E-state index in [1.807, 2.05) is 0 Å². The topological polar surface area (TPSA) is 48.1 Å². The Kier molecular flexibility index (Phi) is 5.59. The maximum absolute atomic E-state index is 3.32. The minimum atomic E-state index is 0.159. The molecule has 0 amide bonds. The van der Waals surface area contributed by atoms with Crippen LogP contribution in [0.3, 0.4) is 0 Å². The second-order valence-electron chi connectivity index (χ2n) is 5.56. The molecule has 0 spiro atoms. The van der Waals surface area contributed by atoms with Gasteiger partial charge in [-0.3, -0.25) is 10.6 Å². The van der Waals surface area contributed by atoms with Gasteiger partial charge >= 0.3 is 0 Å². The molecular weight excluding hydrogens is 176 g/mol. The number of hydrogen-bond donors (Lipinski definition) is 4. The molecule has 0 aliphatic rings. The van der Waals surface area contributed by atoms with Crippen molar-refractivity contribution < 1.29 is 0 Å². The van der Waals surface area contributed by atoms with E-state index < -0.39 is 0 Å². The molecule has 4 heteroatoms. The molecule has 0 aromatic heterocycles. The second-order valence-corrected chi connectivity index (χ2v) is 5.56. The highest BCUT2D eigenvalue weighted by Gasteiger charge is 2.08. The Bertz CT molecular complexity index is 125. The van der Waals surface area contributed by atoms with Crippen LogP contribution in [-0.2, 0) is 0 Å². The van der Waals surface area contributed by atoms with E-state index in [9.17, 15) is 0 Å². The van der Waals surface area contributed by atoms with Gasteiger partial charge in [0.25, 0.3) is 0 Å². The predicted molar refractivity (Wildman–Crippen MR) is 61.8 cm³/mol. The first-order valence-corrected chi connectivity index (χ1v) is 5.16. The van der Waals surface area contributed by atoms with Crippen LogP contribution >= 0.6 is 0 Å². The molecule has 0 bridgehead atoms. The van der Waals surface area contributed by atoms with Crippen molar-refractivity contribution in [3.8, 4) is 0 Å². The lowest BCUT2D eigenvalue weighted by Crippen LogP contribution is -2.51. The molecule has 0 atom stereocenters. The molecule has 0 rings (SSSR count). The molecule has 4 N–H and O–H groups in total. The summed E-state index contributed by atoms with van der Waals surface area (Å²) in [5.74, 6) is 0. The first-order chi connectivity index (χ1) is 6.21. The molecule has 0 aliphatic heterocycles. The molecule has 0 unspecified atom stereocenters. The molecule has 0 aliphatic carbocycles. The van der Waals surface area contributed by atoms with E-state index in [0.717, 1.165) is 13.3 Å². The summed E-state index contributed by atoms with van der Waals surface area (Å²) >= 11 is 0. The van der Waals surface area contributed by atoms with Gasteiger partial charge in [0.05, 0.1) is 13.3 Å². The third kappa shape index (κ3) is 11.8. The Hall–Kier alpha value is -0.160. The van der Waals surface area contributed by atoms with Gasteiger partial charge < -0.3 is 0 Å². The van der Waals surface area contributed by atoms with Crippen LogP contribution in [0.2, 0.25) is 0 Å². The Balaban J connectivity index is 3.23. The molecular formula is C10H26N4. The second kappa shape index (κ2) is 5.66. The van der Waals surface area contributed by atoms with Crippen molar-refractivity contribution in [2.45, 2.75) is 52.6 Å². The smallest absolute Gasteiger partial charge is 0.0594 e. The summed E-state index contributed by atoms with van der Waals surface area (Å²) in [5, 5.41) is 6.64. The maximum atomic E-state index is 3.32. The van der Waals surface area contributed by atoms with Gasteiger partial charge in [0.2, 0.25) is 0 Å². The molecule has 0 heterocycles. The Labute approximate surface area is 88.2 Å². The lowest BCUT2D eigenvalue weighted by atomic mass is 10.1. The van der Waals surface area contributed by atoms with Crippen molar-refractivity contribution in [2.24, 2.45) is 0 Å². The van der Waals surface area contributed by atoms with Crippen molar-refractivity contribution in [3.63, 3.8) is 0 Å². The first-order valence-electron chi connectivity index (χ1n) is 5.16. The van der Waals surface area contributed by atoms with Gasteiger partial charge in [0.1, 0.15) is 0 Å². The zero-order chi connectivity index (χ0) is 11.2. The van der Waals surface area contributed by atoms with Crippen LogP contribution in [0.4, 0.5) is 0 Å². The Morgan fingerprint density at radius 3 is 1.14 bits per heavy atom. The lowest BCUT2D eigenvalue weighted by Gasteiger charge is -2.23. The van der Waals surface area contributed by atoms with Crippen molar-refractivity contribution in [3.05, 3.63) is 0 Å². The molecule has 0 radical (unpaired) electrons. The van der Waals surface area contributed by atoms with E-state index in [0.29, 0.717) is 0 Å². The fourth-order valence-corrected chi connectivity index (χ4v) is 0.744. The van der Waals surface area contributed by atoms with Crippen LogP contribution in [-0.4, -0.2) is 24.4 Å². The molecule has 0 aromatic rings. The lowest BCUT2D eigenvalue weighted by molar-refractivity contribution is 0.344. The quantitative estimate of drug-likeness (QED) is 0.302. The predicted octanol–water partition coefficient (Wildman–Crippen LogP) is 0.772. The zero-order valence-electron chi connectivity index (χ0n) is 10.4. The molecule has 0 aromatic carbocycles. The summed E-state index contributed by atoms with van der Waals surface area (Å²) in [4.78, 5) is 0. The molecule has 0 saturated heterocycles. The largest absolute Gasteiger partial charge is 0.299 e. The third-order valence-electron chi connectivity index (χ3n) is 1.54. The summed E-state index contributed by atoms with van der Waals surface area (Å²) in [6.45, 7) is 14.4. The minimum Gasteiger partial charge on any atom is -0.299 e. The van der Waals surface area contributed by atoms with E-state index >= 15 is 0 Å². The first kappa shape index (κ1) is 13.8. The van der Waals surface area contributed by atoms with E-state index in [2.05, 4.69) is 63.0 Å². The van der Waals surface area contributed by atoms with E-state index in [-0.39, 0.29) is 11.1 Å². The van der Waals surface area contributed by atoms with Crippen molar-refractivity contribution in [1.82, 2.24) is 21.5 Å². The van der Waals surface area contributed by atoms with Crippen LogP contribution in [0, 0.1) is 0 Å². The highest BCUT2D eigenvalue weighted by molar-refractivity contribution is 4.69. The molecule has 0 saturated carbocycles. The van der Waals surface area contributed by atoms with E-state index in [1.165, 1.54) is 0 Å². The summed E-state index contributed by atoms with van der Waals surface area (Å²) in [6, 6.07) is 0. The highest BCUT2D eigenvalue weighted by atomic mass is 15.4. The normalized spacial score (nSPS) is 13.3. The molecule has 14 heavy (non-hydrogen) atoms. The van der Waals surface area contributed by atoms with Crippen LogP contribution in [0.15, 0.2) is 0 Å². The van der Waals surface area contributed by atoms with Crippen LogP contribution in [0.5, 0.6) is 0 Å². The fourth-order valence-electron chi connectivity index (χ4n) is 0.744. The van der Waals surface area contributed by atoms with Crippen LogP contribution in [0.1, 0.15) is 41.5 Å². The van der Waals surface area contributed by atoms with Gasteiger partial charge in [-0.15, -0.1) is 0 Å². The average molecular weight is 202 g/mol. The highest BCUT2D eigenvalue weighted by Crippen LogP contribution is 1.96. The number of rotatable bonds is 5. The Morgan fingerprint density at radius 1 is 0.643 bits per heavy atom. The van der Waals surface area contributed by atoms with Gasteiger partial charge in [-0.1, -0.05) is 0 Å². The summed E-state index contributed by atoms with van der Waals surface area (Å²) in [6.07, 6.45) is 0. The zero-order valence-corrected chi connectivity index (χ0v) is 10.4. The standard InChI is InChI=1S/C10H26N4/c1-9(2,3)11-7-13-14-8-12-10(4,5)6/h11-14H,7-8H2,1-6H3. The number of hydrazine groups is 1. The van der Waals surface area contributed by atoms with Gasteiger partial charge in [0.15, 0.2) is 0 Å². The third-order valence-corrected chi connectivity index (χ3v) is 1.54. The summed E-state index contributed by atoms with van der Waals surface area (Å²) in [5.41, 5.74) is 6.50. The number of hydrogen-bond acceptors (Lipinski definition) is 4.